The van der Waals surface area contributed by atoms with E-state index in [-0.39, 0.29) is 43.7 Å². The number of carbonyl (C=O) groups excluding carboxylic acids is 7. The molecule has 0 aliphatic carbocycles. The van der Waals surface area contributed by atoms with Gasteiger partial charge in [0.1, 0.15) is 60.3 Å². The molecule has 0 radical (unpaired) electrons. The van der Waals surface area contributed by atoms with E-state index in [2.05, 4.69) is 36.7 Å². The zero-order chi connectivity index (χ0) is 55.1. The highest BCUT2D eigenvalue weighted by Gasteiger charge is 2.50. The van der Waals surface area contributed by atoms with Crippen LogP contribution in [0.2, 0.25) is 0 Å². The standard InChI is InChI=1S/C50H82N8O16/c1-5-26(2)22-27(3)12-10-8-6-7-9-11-13-37(65)58-33(24-36(64)48(58)72)46(70)53-38(28(4)59)49(73)57-25-31(61)23-32(57)45(69)55-40(43(67)42(66)29-14-16-30(60)17-15-29)47(71)54-39(34(62)18-20-51)50(74)56-21-19-35(63)41(56)44(52)68/h14-17,26-28,31-36,38-43,48,59-64,66-67,72H,5-13,18-25,51H2,1-4H3,(H2,52,68)(H,53,70)(H,54,71)(H,55,69)/t26-,27+,28+,31+,32-,33-,34+,35-,36+,38-,39-,40-,41-,42-,43-,48?/m0/s1. The fourth-order valence-electron chi connectivity index (χ4n) is 10.1. The molecule has 3 fully saturated rings. The van der Waals surface area contributed by atoms with E-state index in [0.717, 1.165) is 78.7 Å². The molecule has 16 N–H and O–H groups in total. The highest BCUT2D eigenvalue weighted by atomic mass is 16.4. The van der Waals surface area contributed by atoms with Crippen LogP contribution >= 0.6 is 0 Å². The Morgan fingerprint density at radius 1 is 0.716 bits per heavy atom. The van der Waals surface area contributed by atoms with Gasteiger partial charge in [-0.25, -0.2) is 0 Å². The second kappa shape index (κ2) is 28.7. The van der Waals surface area contributed by atoms with E-state index >= 15 is 0 Å². The van der Waals surface area contributed by atoms with Gasteiger partial charge in [0.25, 0.3) is 0 Å². The van der Waals surface area contributed by atoms with Crippen LogP contribution < -0.4 is 27.4 Å². The van der Waals surface area contributed by atoms with Crippen LogP contribution in [-0.4, -0.2) is 201 Å². The largest absolute Gasteiger partial charge is 0.508 e. The Morgan fingerprint density at radius 3 is 1.92 bits per heavy atom. The van der Waals surface area contributed by atoms with Crippen LogP contribution in [0.25, 0.3) is 0 Å². The number of rotatable bonds is 28. The predicted octanol–water partition coefficient (Wildman–Crippen LogP) is -2.79. The summed E-state index contributed by atoms with van der Waals surface area (Å²) in [6, 6.07) is -6.05. The van der Waals surface area contributed by atoms with Crippen LogP contribution in [0, 0.1) is 11.8 Å². The van der Waals surface area contributed by atoms with Gasteiger partial charge < -0.3 is 88.1 Å². The van der Waals surface area contributed by atoms with Crippen molar-refractivity contribution < 1.29 is 79.5 Å². The fraction of sp³-hybridized carbons (Fsp3) is 0.740. The molecule has 3 aliphatic heterocycles. The fourth-order valence-corrected chi connectivity index (χ4v) is 10.1. The number of aromatic hydroxyl groups is 1. The van der Waals surface area contributed by atoms with Crippen LogP contribution in [0.1, 0.15) is 129 Å². The summed E-state index contributed by atoms with van der Waals surface area (Å²) in [5, 5.41) is 104. The lowest BCUT2D eigenvalue weighted by Gasteiger charge is -2.34. The molecule has 1 aromatic carbocycles. The minimum absolute atomic E-state index is 0.0377. The first-order chi connectivity index (χ1) is 34.9. The molecular formula is C50H82N8O16. The lowest BCUT2D eigenvalue weighted by Crippen LogP contribution is -2.64. The maximum absolute atomic E-state index is 14.3. The van der Waals surface area contributed by atoms with Gasteiger partial charge in [0.2, 0.25) is 41.4 Å². The number of nitrogens with zero attached hydrogens (tertiary/aromatic N) is 3. The Kier molecular flexibility index (Phi) is 23.9. The zero-order valence-corrected chi connectivity index (χ0v) is 42.9. The number of carbonyl (C=O) groups is 7. The Hall–Kier alpha value is -5.05. The number of aliphatic hydroxyl groups is 8. The maximum atomic E-state index is 14.3. The summed E-state index contributed by atoms with van der Waals surface area (Å²) in [5.41, 5.74) is 11.0. The van der Waals surface area contributed by atoms with Gasteiger partial charge in [-0.3, -0.25) is 33.6 Å². The molecule has 0 spiro atoms. The van der Waals surface area contributed by atoms with E-state index in [9.17, 15) is 79.5 Å². The van der Waals surface area contributed by atoms with Crippen molar-refractivity contribution >= 4 is 41.4 Å². The van der Waals surface area contributed by atoms with E-state index in [1.54, 1.807) is 0 Å². The third-order valence-electron chi connectivity index (χ3n) is 14.6. The number of phenolic OH excluding ortho intramolecular Hbond substituents is 1. The third kappa shape index (κ3) is 16.2. The second-order valence-corrected chi connectivity index (χ2v) is 20.5. The van der Waals surface area contributed by atoms with Gasteiger partial charge >= 0.3 is 0 Å². The minimum Gasteiger partial charge on any atom is -0.508 e. The van der Waals surface area contributed by atoms with Crippen molar-refractivity contribution in [2.24, 2.45) is 23.3 Å². The molecule has 16 atom stereocenters. The zero-order valence-electron chi connectivity index (χ0n) is 42.9. The molecule has 7 amide bonds. The Balaban J connectivity index is 1.50. The lowest BCUT2D eigenvalue weighted by molar-refractivity contribution is -0.151. The number of nitrogens with two attached hydrogens (primary N) is 2. The molecule has 0 aromatic heterocycles. The SMILES string of the molecule is CC[C@H](C)C[C@H](C)CCCCCCCCC(=O)N1C(O)[C@H](O)C[C@H]1C(=O)N[C@H](C(=O)N1C[C@H](O)C[C@H]1C(=O)N[C@H](C(=O)N[C@H](C(=O)N1CC[C@H](O)[C@H]1C(N)=O)[C@H](O)CCN)[C@H](O)[C@@H](O)c1ccc(O)cc1)[C@@H](C)O. The predicted molar refractivity (Wildman–Crippen MR) is 265 cm³/mol. The minimum atomic E-state index is -2.29. The van der Waals surface area contributed by atoms with Crippen molar-refractivity contribution in [2.45, 2.75) is 203 Å². The maximum Gasteiger partial charge on any atom is 0.248 e. The van der Waals surface area contributed by atoms with E-state index in [1.807, 2.05) is 0 Å². The number of aliphatic hydroxyl groups excluding tert-OH is 8. The number of phenols is 1. The molecule has 3 aliphatic rings. The number of hydrogen-bond acceptors (Lipinski definition) is 17. The lowest BCUT2D eigenvalue weighted by atomic mass is 9.91. The number of likely N-dealkylation sites (tertiary alicyclic amines) is 3. The first kappa shape index (κ1) is 61.5. The van der Waals surface area contributed by atoms with Crippen LogP contribution in [-0.2, 0) is 33.6 Å². The monoisotopic (exact) mass is 1050 g/mol. The van der Waals surface area contributed by atoms with Crippen LogP contribution in [0.3, 0.4) is 0 Å². The molecule has 1 aromatic rings. The van der Waals surface area contributed by atoms with Gasteiger partial charge in [-0.2, -0.15) is 0 Å². The average Bonchev–Trinajstić information content (AvgIpc) is 4.04. The van der Waals surface area contributed by atoms with Crippen LogP contribution in [0.15, 0.2) is 24.3 Å². The topological polar surface area (TPSA) is 399 Å². The van der Waals surface area contributed by atoms with Crippen molar-refractivity contribution in [3.63, 3.8) is 0 Å². The summed E-state index contributed by atoms with van der Waals surface area (Å²) < 4.78 is 0. The average molecular weight is 1050 g/mol. The summed E-state index contributed by atoms with van der Waals surface area (Å²) in [6.45, 7) is 6.89. The normalized spacial score (nSPS) is 25.5. The summed E-state index contributed by atoms with van der Waals surface area (Å²) in [4.78, 5) is 99.0. The molecule has 24 nitrogen and oxygen atoms in total. The smallest absolute Gasteiger partial charge is 0.248 e. The number of nitrogens with one attached hydrogen (secondary N) is 3. The molecule has 3 saturated heterocycles. The number of unbranched alkanes of at least 4 members (excludes halogenated alkanes) is 5. The van der Waals surface area contributed by atoms with E-state index in [1.165, 1.54) is 18.6 Å². The van der Waals surface area contributed by atoms with Crippen molar-refractivity contribution in [3.05, 3.63) is 29.8 Å². The van der Waals surface area contributed by atoms with E-state index < -0.39 is 146 Å². The first-order valence-corrected chi connectivity index (χ1v) is 26.0. The molecule has 1 unspecified atom stereocenters. The molecule has 3 heterocycles. The first-order valence-electron chi connectivity index (χ1n) is 26.0. The summed E-state index contributed by atoms with van der Waals surface area (Å²) in [6.07, 6.45) is -6.37. The molecule has 0 bridgehead atoms. The highest BCUT2D eigenvalue weighted by Crippen LogP contribution is 2.29. The summed E-state index contributed by atoms with van der Waals surface area (Å²) in [7, 11) is 0. The van der Waals surface area contributed by atoms with Crippen LogP contribution in [0.5, 0.6) is 5.75 Å². The van der Waals surface area contributed by atoms with Gasteiger partial charge in [0.15, 0.2) is 6.23 Å². The molecule has 4 rings (SSSR count). The van der Waals surface area contributed by atoms with Gasteiger partial charge in [-0.15, -0.1) is 0 Å². The number of amides is 7. The van der Waals surface area contributed by atoms with Crippen molar-refractivity contribution in [3.8, 4) is 5.75 Å². The van der Waals surface area contributed by atoms with Crippen molar-refractivity contribution in [1.29, 1.82) is 0 Å². The summed E-state index contributed by atoms with van der Waals surface area (Å²) in [5.74, 6) is -6.42. The van der Waals surface area contributed by atoms with Gasteiger partial charge in [-0.05, 0) is 68.7 Å². The second-order valence-electron chi connectivity index (χ2n) is 20.5. The Morgan fingerprint density at radius 2 is 1.31 bits per heavy atom. The highest BCUT2D eigenvalue weighted by molar-refractivity contribution is 5.98. The number of hydrogen-bond donors (Lipinski definition) is 14. The van der Waals surface area contributed by atoms with Crippen molar-refractivity contribution in [1.82, 2.24) is 30.7 Å². The third-order valence-corrected chi connectivity index (χ3v) is 14.6. The molecule has 74 heavy (non-hydrogen) atoms. The number of benzene rings is 1. The molecule has 0 saturated carbocycles. The number of primary amides is 1. The van der Waals surface area contributed by atoms with E-state index in [0.29, 0.717) is 18.3 Å². The Labute approximate surface area is 431 Å². The van der Waals surface area contributed by atoms with E-state index in [4.69, 9.17) is 11.5 Å². The van der Waals surface area contributed by atoms with Gasteiger partial charge in [0, 0.05) is 32.4 Å². The van der Waals surface area contributed by atoms with Gasteiger partial charge in [-0.1, -0.05) is 77.8 Å². The van der Waals surface area contributed by atoms with Crippen LogP contribution in [0.4, 0.5) is 0 Å². The van der Waals surface area contributed by atoms with Gasteiger partial charge in [0.05, 0.1) is 24.4 Å². The van der Waals surface area contributed by atoms with Crippen molar-refractivity contribution in [2.75, 3.05) is 19.6 Å². The molecular weight excluding hydrogens is 969 g/mol. The molecule has 24 heteroatoms. The summed E-state index contributed by atoms with van der Waals surface area (Å²) >= 11 is 0. The quantitative estimate of drug-likeness (QED) is 0.0377. The molecule has 418 valence electrons. The number of β-amino-alcohol motifs (C(OH)–C–C–N with tert-alkyl or cyclic N) is 1. The Bertz CT molecular complexity index is 2030.